The van der Waals surface area contributed by atoms with Gasteiger partial charge in [0.2, 0.25) is 0 Å². The molecule has 0 radical (unpaired) electrons. The first kappa shape index (κ1) is 19.7. The zero-order valence-corrected chi connectivity index (χ0v) is 15.3. The van der Waals surface area contributed by atoms with E-state index in [1.807, 2.05) is 6.07 Å². The maximum absolute atomic E-state index is 12.0. The van der Waals surface area contributed by atoms with Crippen LogP contribution in [0.3, 0.4) is 0 Å². The molecule has 2 aromatic carbocycles. The third-order valence-corrected chi connectivity index (χ3v) is 4.04. The lowest BCUT2D eigenvalue weighted by Gasteiger charge is -2.07. The summed E-state index contributed by atoms with van der Waals surface area (Å²) in [5.41, 5.74) is 0.936. The number of rotatable bonds is 10. The lowest BCUT2D eigenvalue weighted by Crippen LogP contribution is -2.09. The topological polar surface area (TPSA) is 52.6 Å². The Labute approximate surface area is 155 Å². The molecular formula is C22H26O4. The van der Waals surface area contributed by atoms with Gasteiger partial charge in [0.05, 0.1) is 17.7 Å². The van der Waals surface area contributed by atoms with E-state index in [4.69, 9.17) is 9.47 Å². The Kier molecular flexibility index (Phi) is 8.40. The minimum absolute atomic E-state index is 0.348. The van der Waals surface area contributed by atoms with Crippen LogP contribution < -0.4 is 4.74 Å². The second-order valence-electron chi connectivity index (χ2n) is 6.18. The largest absolute Gasteiger partial charge is 0.462 e. The van der Waals surface area contributed by atoms with Crippen molar-refractivity contribution in [1.29, 1.82) is 0 Å². The molecule has 0 heterocycles. The molecule has 0 N–H and O–H groups in total. The van der Waals surface area contributed by atoms with E-state index in [2.05, 4.69) is 6.92 Å². The van der Waals surface area contributed by atoms with Crippen molar-refractivity contribution >= 4 is 11.9 Å². The van der Waals surface area contributed by atoms with Crippen molar-refractivity contribution < 1.29 is 19.1 Å². The molecule has 0 atom stereocenters. The number of esters is 2. The molecule has 0 aromatic heterocycles. The lowest BCUT2D eigenvalue weighted by molar-refractivity contribution is 0.0497. The molecule has 0 bridgehead atoms. The fourth-order valence-electron chi connectivity index (χ4n) is 2.53. The number of unbranched alkanes of at least 4 members (excludes halogenated alkanes) is 5. The van der Waals surface area contributed by atoms with Crippen molar-refractivity contribution in [2.75, 3.05) is 6.61 Å². The Hall–Kier alpha value is -2.62. The highest BCUT2D eigenvalue weighted by Gasteiger charge is 2.10. The van der Waals surface area contributed by atoms with Crippen LogP contribution in [0.25, 0.3) is 0 Å². The second kappa shape index (κ2) is 11.1. The SMILES string of the molecule is CCCCCCCCOC(=O)c1ccc(OC(=O)c2ccccc2)cc1. The standard InChI is InChI=1S/C22H26O4/c1-2-3-4-5-6-10-17-25-21(23)19-13-15-20(16-14-19)26-22(24)18-11-8-7-9-12-18/h7-9,11-16H,2-6,10,17H2,1H3. The van der Waals surface area contributed by atoms with Gasteiger partial charge in [-0.2, -0.15) is 0 Å². The van der Waals surface area contributed by atoms with Crippen LogP contribution in [0.5, 0.6) is 5.75 Å². The van der Waals surface area contributed by atoms with Crippen molar-refractivity contribution in [1.82, 2.24) is 0 Å². The van der Waals surface area contributed by atoms with Crippen LogP contribution in [0.4, 0.5) is 0 Å². The van der Waals surface area contributed by atoms with Gasteiger partial charge in [0, 0.05) is 0 Å². The van der Waals surface area contributed by atoms with Crippen LogP contribution in [0, 0.1) is 0 Å². The van der Waals surface area contributed by atoms with Gasteiger partial charge in [0.25, 0.3) is 0 Å². The molecular weight excluding hydrogens is 328 g/mol. The lowest BCUT2D eigenvalue weighted by atomic mass is 10.1. The van der Waals surface area contributed by atoms with Crippen LogP contribution in [0.2, 0.25) is 0 Å². The quantitative estimate of drug-likeness (QED) is 0.325. The van der Waals surface area contributed by atoms with Crippen LogP contribution in [0.15, 0.2) is 54.6 Å². The highest BCUT2D eigenvalue weighted by atomic mass is 16.5. The Morgan fingerprint density at radius 3 is 2.04 bits per heavy atom. The van der Waals surface area contributed by atoms with Crippen LogP contribution in [-0.4, -0.2) is 18.5 Å². The van der Waals surface area contributed by atoms with E-state index in [0.717, 1.165) is 12.8 Å². The Balaban J connectivity index is 1.74. The van der Waals surface area contributed by atoms with Crippen molar-refractivity contribution in [2.45, 2.75) is 45.4 Å². The summed E-state index contributed by atoms with van der Waals surface area (Å²) in [7, 11) is 0. The van der Waals surface area contributed by atoms with Crippen molar-refractivity contribution in [2.24, 2.45) is 0 Å². The van der Waals surface area contributed by atoms with Crippen molar-refractivity contribution in [3.05, 3.63) is 65.7 Å². The number of carbonyl (C=O) groups excluding carboxylic acids is 2. The number of benzene rings is 2. The summed E-state index contributed by atoms with van der Waals surface area (Å²) in [5.74, 6) is -0.380. The Bertz CT molecular complexity index is 677. The second-order valence-corrected chi connectivity index (χ2v) is 6.18. The highest BCUT2D eigenvalue weighted by Crippen LogP contribution is 2.15. The predicted octanol–water partition coefficient (Wildman–Crippen LogP) is 5.42. The van der Waals surface area contributed by atoms with Gasteiger partial charge >= 0.3 is 11.9 Å². The molecule has 0 aliphatic carbocycles. The molecule has 0 fully saturated rings. The monoisotopic (exact) mass is 354 g/mol. The van der Waals surface area contributed by atoms with Crippen molar-refractivity contribution in [3.63, 3.8) is 0 Å². The Morgan fingerprint density at radius 2 is 1.35 bits per heavy atom. The average Bonchev–Trinajstić information content (AvgIpc) is 2.68. The molecule has 0 saturated carbocycles. The zero-order valence-electron chi connectivity index (χ0n) is 15.3. The van der Waals surface area contributed by atoms with Crippen LogP contribution in [0.1, 0.15) is 66.2 Å². The summed E-state index contributed by atoms with van der Waals surface area (Å²) in [5, 5.41) is 0. The Morgan fingerprint density at radius 1 is 0.731 bits per heavy atom. The van der Waals surface area contributed by atoms with E-state index in [9.17, 15) is 9.59 Å². The molecule has 0 spiro atoms. The van der Waals surface area contributed by atoms with E-state index in [1.165, 1.54) is 25.7 Å². The first-order valence-electron chi connectivity index (χ1n) is 9.25. The first-order valence-corrected chi connectivity index (χ1v) is 9.25. The summed E-state index contributed by atoms with van der Waals surface area (Å²) in [6, 6.07) is 15.2. The van der Waals surface area contributed by atoms with Crippen LogP contribution in [-0.2, 0) is 4.74 Å². The minimum Gasteiger partial charge on any atom is -0.462 e. The minimum atomic E-state index is -0.427. The molecule has 0 amide bonds. The van der Waals surface area contributed by atoms with Gasteiger partial charge < -0.3 is 9.47 Å². The van der Waals surface area contributed by atoms with E-state index in [-0.39, 0.29) is 5.97 Å². The fourth-order valence-corrected chi connectivity index (χ4v) is 2.53. The molecule has 2 aromatic rings. The zero-order chi connectivity index (χ0) is 18.6. The molecule has 0 saturated heterocycles. The van der Waals surface area contributed by atoms with E-state index >= 15 is 0 Å². The van der Waals surface area contributed by atoms with Crippen LogP contribution >= 0.6 is 0 Å². The highest BCUT2D eigenvalue weighted by molar-refractivity contribution is 5.91. The summed E-state index contributed by atoms with van der Waals surface area (Å²) < 4.78 is 10.6. The third kappa shape index (κ3) is 6.71. The van der Waals surface area contributed by atoms with E-state index in [0.29, 0.717) is 23.5 Å². The summed E-state index contributed by atoms with van der Waals surface area (Å²) >= 11 is 0. The van der Waals surface area contributed by atoms with E-state index < -0.39 is 5.97 Å². The van der Waals surface area contributed by atoms with Gasteiger partial charge in [-0.25, -0.2) is 9.59 Å². The number of ether oxygens (including phenoxy) is 2. The molecule has 4 heteroatoms. The van der Waals surface area contributed by atoms with Gasteiger partial charge in [-0.05, 0) is 42.8 Å². The molecule has 26 heavy (non-hydrogen) atoms. The summed E-state index contributed by atoms with van der Waals surface area (Å²) in [6.07, 6.45) is 6.90. The fraction of sp³-hybridized carbons (Fsp3) is 0.364. The van der Waals surface area contributed by atoms with E-state index in [1.54, 1.807) is 48.5 Å². The molecule has 138 valence electrons. The van der Waals surface area contributed by atoms with Gasteiger partial charge in [-0.1, -0.05) is 57.2 Å². The molecule has 4 nitrogen and oxygen atoms in total. The van der Waals surface area contributed by atoms with Crippen molar-refractivity contribution in [3.8, 4) is 5.75 Å². The smallest absolute Gasteiger partial charge is 0.343 e. The van der Waals surface area contributed by atoms with Gasteiger partial charge in [-0.3, -0.25) is 0 Å². The third-order valence-electron chi connectivity index (χ3n) is 4.04. The summed E-state index contributed by atoms with van der Waals surface area (Å²) in [6.45, 7) is 2.63. The van der Waals surface area contributed by atoms with Gasteiger partial charge in [0.15, 0.2) is 0 Å². The number of hydrogen-bond acceptors (Lipinski definition) is 4. The average molecular weight is 354 g/mol. The number of carbonyl (C=O) groups is 2. The first-order chi connectivity index (χ1) is 12.7. The molecule has 0 aliphatic heterocycles. The molecule has 2 rings (SSSR count). The maximum atomic E-state index is 12.0. The normalized spacial score (nSPS) is 10.3. The molecule has 0 unspecified atom stereocenters. The number of hydrogen-bond donors (Lipinski definition) is 0. The van der Waals surface area contributed by atoms with Gasteiger partial charge in [-0.15, -0.1) is 0 Å². The summed E-state index contributed by atoms with van der Waals surface area (Å²) in [4.78, 5) is 24.0. The molecule has 0 aliphatic rings. The van der Waals surface area contributed by atoms with Gasteiger partial charge in [0.1, 0.15) is 5.75 Å². The maximum Gasteiger partial charge on any atom is 0.343 e. The predicted molar refractivity (Wildman–Crippen MR) is 102 cm³/mol.